The van der Waals surface area contributed by atoms with Gasteiger partial charge in [-0.15, -0.1) is 0 Å². The summed E-state index contributed by atoms with van der Waals surface area (Å²) in [6.45, 7) is 5.62. The highest BCUT2D eigenvalue weighted by molar-refractivity contribution is 5.62. The molecule has 0 fully saturated rings. The van der Waals surface area contributed by atoms with E-state index in [1.165, 1.54) is 12.1 Å². The third-order valence-electron chi connectivity index (χ3n) is 2.66. The topological polar surface area (TPSA) is 110 Å². The first-order chi connectivity index (χ1) is 9.27. The molecule has 0 spiro atoms. The van der Waals surface area contributed by atoms with Gasteiger partial charge in [0.25, 0.3) is 5.97 Å². The van der Waals surface area contributed by atoms with Gasteiger partial charge in [-0.2, -0.15) is 0 Å². The highest BCUT2D eigenvalue weighted by atomic mass is 16.4. The molecule has 1 aromatic rings. The summed E-state index contributed by atoms with van der Waals surface area (Å²) in [4.78, 5) is 9.00. The molecule has 20 heavy (non-hydrogen) atoms. The van der Waals surface area contributed by atoms with E-state index < -0.39 is 12.1 Å². The van der Waals surface area contributed by atoms with Crippen LogP contribution in [0, 0.1) is 0 Å². The predicted molar refractivity (Wildman–Crippen MR) is 75.8 cm³/mol. The van der Waals surface area contributed by atoms with E-state index in [2.05, 4.69) is 12.2 Å². The lowest BCUT2D eigenvalue weighted by atomic mass is 10.1. The van der Waals surface area contributed by atoms with Gasteiger partial charge in [0.2, 0.25) is 0 Å². The summed E-state index contributed by atoms with van der Waals surface area (Å²) in [5.74, 6) is -1.22. The highest BCUT2D eigenvalue weighted by Crippen LogP contribution is 2.27. The fourth-order valence-corrected chi connectivity index (χ4v) is 1.32. The molecule has 2 atom stereocenters. The summed E-state index contributed by atoms with van der Waals surface area (Å²) in [7, 11) is 0. The molecule has 5 N–H and O–H groups in total. The summed E-state index contributed by atoms with van der Waals surface area (Å²) < 4.78 is 0. The molecule has 0 aliphatic rings. The molecule has 114 valence electrons. The lowest BCUT2D eigenvalue weighted by molar-refractivity contribution is -0.134. The summed E-state index contributed by atoms with van der Waals surface area (Å²) in [6, 6.07) is 4.69. The van der Waals surface area contributed by atoms with Crippen molar-refractivity contribution in [2.75, 3.05) is 6.54 Å². The number of carboxylic acid groups (broad SMARTS) is 1. The third-order valence-corrected chi connectivity index (χ3v) is 2.66. The molecule has 0 aliphatic heterocycles. The zero-order chi connectivity index (χ0) is 15.7. The monoisotopic (exact) mass is 285 g/mol. The Bertz CT molecular complexity index is 418. The van der Waals surface area contributed by atoms with Crippen LogP contribution in [0.5, 0.6) is 11.5 Å². The Labute approximate surface area is 118 Å². The zero-order valence-corrected chi connectivity index (χ0v) is 12.0. The van der Waals surface area contributed by atoms with E-state index in [9.17, 15) is 10.2 Å². The summed E-state index contributed by atoms with van der Waals surface area (Å²) in [5.41, 5.74) is 0.589. The molecule has 6 nitrogen and oxygen atoms in total. The van der Waals surface area contributed by atoms with E-state index in [1.54, 1.807) is 6.07 Å². The molecule has 2 unspecified atom stereocenters. The Hall–Kier alpha value is -1.79. The molecule has 0 bridgehead atoms. The number of hydrogen-bond acceptors (Lipinski definition) is 5. The second kappa shape index (κ2) is 9.17. The first kappa shape index (κ1) is 18.2. The van der Waals surface area contributed by atoms with Crippen molar-refractivity contribution in [3.63, 3.8) is 0 Å². The van der Waals surface area contributed by atoms with Gasteiger partial charge in [-0.05, 0) is 31.0 Å². The maximum atomic E-state index is 9.83. The van der Waals surface area contributed by atoms with Crippen LogP contribution < -0.4 is 5.32 Å². The Morgan fingerprint density at radius 3 is 2.30 bits per heavy atom. The summed E-state index contributed by atoms with van der Waals surface area (Å²) in [6.07, 6.45) is 0.314. The van der Waals surface area contributed by atoms with Crippen molar-refractivity contribution in [3.8, 4) is 11.5 Å². The number of hydrogen-bond donors (Lipinski definition) is 5. The Balaban J connectivity index is 0.000000796. The van der Waals surface area contributed by atoms with Crippen molar-refractivity contribution in [2.45, 2.75) is 39.3 Å². The minimum atomic E-state index is -0.833. The second-order valence-corrected chi connectivity index (χ2v) is 4.50. The molecule has 0 saturated carbocycles. The minimum absolute atomic E-state index is 0.175. The Kier molecular flexibility index (Phi) is 8.35. The van der Waals surface area contributed by atoms with E-state index in [0.29, 0.717) is 18.2 Å². The van der Waals surface area contributed by atoms with Crippen LogP contribution in [-0.2, 0) is 4.79 Å². The number of benzene rings is 1. The molecule has 1 aromatic carbocycles. The van der Waals surface area contributed by atoms with Gasteiger partial charge in [0.1, 0.15) is 0 Å². The average molecular weight is 285 g/mol. The molecular weight excluding hydrogens is 262 g/mol. The van der Waals surface area contributed by atoms with Crippen LogP contribution in [-0.4, -0.2) is 39.0 Å². The van der Waals surface area contributed by atoms with Gasteiger partial charge >= 0.3 is 0 Å². The Morgan fingerprint density at radius 2 is 1.85 bits per heavy atom. The maximum absolute atomic E-state index is 9.83. The third kappa shape index (κ3) is 7.60. The van der Waals surface area contributed by atoms with Crippen molar-refractivity contribution in [3.05, 3.63) is 23.8 Å². The molecular formula is C14H23NO5. The maximum Gasteiger partial charge on any atom is 0.300 e. The van der Waals surface area contributed by atoms with Crippen molar-refractivity contribution >= 4 is 5.97 Å². The minimum Gasteiger partial charge on any atom is -0.504 e. The number of aliphatic carboxylic acids is 1. The van der Waals surface area contributed by atoms with E-state index in [0.717, 1.165) is 13.3 Å². The van der Waals surface area contributed by atoms with Crippen LogP contribution in [0.4, 0.5) is 0 Å². The molecule has 0 amide bonds. The fraction of sp³-hybridized carbons (Fsp3) is 0.500. The predicted octanol–water partition coefficient (Wildman–Crippen LogP) is 1.61. The quantitative estimate of drug-likeness (QED) is 0.526. The number of phenols is 2. The van der Waals surface area contributed by atoms with Crippen LogP contribution in [0.1, 0.15) is 38.9 Å². The van der Waals surface area contributed by atoms with Crippen LogP contribution in [0.3, 0.4) is 0 Å². The van der Waals surface area contributed by atoms with Gasteiger partial charge in [-0.25, -0.2) is 0 Å². The van der Waals surface area contributed by atoms with E-state index >= 15 is 0 Å². The summed E-state index contributed by atoms with van der Waals surface area (Å²) in [5, 5.41) is 38.8. The van der Waals surface area contributed by atoms with Crippen LogP contribution in [0.25, 0.3) is 0 Å². The summed E-state index contributed by atoms with van der Waals surface area (Å²) >= 11 is 0. The number of aromatic hydroxyl groups is 2. The number of phenolic OH excluding ortho intramolecular Hbond substituents is 2. The number of aliphatic hydroxyl groups is 1. The van der Waals surface area contributed by atoms with E-state index in [-0.39, 0.29) is 11.5 Å². The largest absolute Gasteiger partial charge is 0.504 e. The number of carboxylic acids is 1. The molecule has 0 aliphatic carbocycles. The van der Waals surface area contributed by atoms with Crippen molar-refractivity contribution in [1.29, 1.82) is 0 Å². The number of nitrogens with one attached hydrogen (secondary N) is 1. The normalized spacial score (nSPS) is 13.0. The standard InChI is InChI=1S/C12H19NO3.C2H4O2/c1-3-8(2)13-7-12(16)9-4-5-10(14)11(15)6-9;1-2(3)4/h4-6,8,12-16H,3,7H2,1-2H3;1H3,(H,3,4). The Morgan fingerprint density at radius 1 is 1.30 bits per heavy atom. The lowest BCUT2D eigenvalue weighted by Gasteiger charge is -2.16. The first-order valence-electron chi connectivity index (χ1n) is 6.40. The number of aliphatic hydroxyl groups excluding tert-OH is 1. The van der Waals surface area contributed by atoms with Gasteiger partial charge in [0.05, 0.1) is 6.10 Å². The zero-order valence-electron chi connectivity index (χ0n) is 12.0. The van der Waals surface area contributed by atoms with Crippen molar-refractivity contribution < 1.29 is 25.2 Å². The highest BCUT2D eigenvalue weighted by Gasteiger charge is 2.10. The van der Waals surface area contributed by atoms with Crippen LogP contribution >= 0.6 is 0 Å². The van der Waals surface area contributed by atoms with Gasteiger partial charge in [0.15, 0.2) is 11.5 Å². The van der Waals surface area contributed by atoms with Gasteiger partial charge in [-0.1, -0.05) is 13.0 Å². The van der Waals surface area contributed by atoms with Gasteiger partial charge < -0.3 is 25.7 Å². The number of rotatable bonds is 5. The van der Waals surface area contributed by atoms with Gasteiger partial charge in [0, 0.05) is 19.5 Å². The fourth-order valence-electron chi connectivity index (χ4n) is 1.32. The average Bonchev–Trinajstić information content (AvgIpc) is 2.38. The van der Waals surface area contributed by atoms with Crippen LogP contribution in [0.2, 0.25) is 0 Å². The smallest absolute Gasteiger partial charge is 0.300 e. The SMILES string of the molecule is CC(=O)O.CCC(C)NCC(O)c1ccc(O)c(O)c1. The van der Waals surface area contributed by atoms with Gasteiger partial charge in [-0.3, -0.25) is 4.79 Å². The number of carbonyl (C=O) groups is 1. The first-order valence-corrected chi connectivity index (χ1v) is 6.40. The molecule has 0 aromatic heterocycles. The van der Waals surface area contributed by atoms with Crippen molar-refractivity contribution in [2.24, 2.45) is 0 Å². The molecule has 0 saturated heterocycles. The molecule has 6 heteroatoms. The second-order valence-electron chi connectivity index (χ2n) is 4.50. The lowest BCUT2D eigenvalue weighted by Crippen LogP contribution is -2.29. The van der Waals surface area contributed by atoms with Crippen LogP contribution in [0.15, 0.2) is 18.2 Å². The van der Waals surface area contributed by atoms with E-state index in [4.69, 9.17) is 15.0 Å². The molecule has 0 heterocycles. The van der Waals surface area contributed by atoms with E-state index in [1.807, 2.05) is 6.92 Å². The molecule has 1 rings (SSSR count). The van der Waals surface area contributed by atoms with Crippen molar-refractivity contribution in [1.82, 2.24) is 5.32 Å². The molecule has 0 radical (unpaired) electrons.